The molecule has 82 valence electrons. The van der Waals surface area contributed by atoms with Gasteiger partial charge in [0.15, 0.2) is 0 Å². The molecule has 2 rings (SSSR count). The zero-order valence-electron chi connectivity index (χ0n) is 8.84. The van der Waals surface area contributed by atoms with E-state index in [1.807, 2.05) is 6.07 Å². The molecule has 1 aliphatic rings. The van der Waals surface area contributed by atoms with Gasteiger partial charge in [0.1, 0.15) is 11.4 Å². The van der Waals surface area contributed by atoms with E-state index in [1.54, 1.807) is 0 Å². The van der Waals surface area contributed by atoms with Crippen molar-refractivity contribution < 1.29 is 9.57 Å². The molecule has 4 heteroatoms. The number of hydrogen-bond acceptors (Lipinski definition) is 3. The van der Waals surface area contributed by atoms with Crippen LogP contribution in [-0.4, -0.2) is 5.60 Å². The topological polar surface area (TPSA) is 44.5 Å². The van der Waals surface area contributed by atoms with Gasteiger partial charge >= 0.3 is 0 Å². The average molecular weight is 272 g/mol. The molecule has 3 nitrogen and oxygen atoms in total. The molecule has 0 aliphatic carbocycles. The lowest BCUT2D eigenvalue weighted by Gasteiger charge is -2.18. The number of benzene rings is 1. The Kier molecular flexibility index (Phi) is 2.75. The van der Waals surface area contributed by atoms with Crippen molar-refractivity contribution in [3.63, 3.8) is 0 Å². The van der Waals surface area contributed by atoms with E-state index in [0.717, 1.165) is 22.2 Å². The Labute approximate surface area is 97.6 Å². The Balaban J connectivity index is 2.43. The summed E-state index contributed by atoms with van der Waals surface area (Å²) in [6, 6.07) is 4.07. The lowest BCUT2D eigenvalue weighted by Crippen LogP contribution is -2.25. The van der Waals surface area contributed by atoms with E-state index >= 15 is 0 Å². The van der Waals surface area contributed by atoms with Gasteiger partial charge in [-0.1, -0.05) is 15.9 Å². The predicted octanol–water partition coefficient (Wildman–Crippen LogP) is 2.55. The van der Waals surface area contributed by atoms with E-state index in [-0.39, 0.29) is 5.60 Å². The number of nitrogens with two attached hydrogens (primary N) is 1. The summed E-state index contributed by atoms with van der Waals surface area (Å²) in [6.07, 6.45) is 0.916. The summed E-state index contributed by atoms with van der Waals surface area (Å²) in [5.74, 6) is 6.03. The maximum atomic E-state index is 5.88. The average Bonchev–Trinajstić information content (AvgIpc) is 2.40. The Hall–Kier alpha value is -0.580. The Bertz CT molecular complexity index is 390. The summed E-state index contributed by atoms with van der Waals surface area (Å²) in [7, 11) is 0. The summed E-state index contributed by atoms with van der Waals surface area (Å²) >= 11 is 3.47. The van der Waals surface area contributed by atoms with Crippen LogP contribution in [0.25, 0.3) is 0 Å². The fourth-order valence-corrected chi connectivity index (χ4v) is 2.49. The van der Waals surface area contributed by atoms with Gasteiger partial charge < -0.3 is 4.74 Å². The molecule has 0 amide bonds. The summed E-state index contributed by atoms with van der Waals surface area (Å²) in [5.41, 5.74) is 2.07. The molecule has 0 fully saturated rings. The molecule has 0 spiro atoms. The van der Waals surface area contributed by atoms with E-state index in [1.165, 1.54) is 5.56 Å². The summed E-state index contributed by atoms with van der Waals surface area (Å²) in [4.78, 5) is 4.68. The highest BCUT2D eigenvalue weighted by molar-refractivity contribution is 9.10. The van der Waals surface area contributed by atoms with Gasteiger partial charge in [0.25, 0.3) is 0 Å². The number of hydrogen-bond donors (Lipinski definition) is 1. The molecule has 1 aliphatic heterocycles. The van der Waals surface area contributed by atoms with Gasteiger partial charge in [-0.25, -0.2) is 5.90 Å². The first-order valence-corrected chi connectivity index (χ1v) is 5.63. The van der Waals surface area contributed by atoms with Crippen LogP contribution in [0.3, 0.4) is 0 Å². The molecule has 0 aromatic heterocycles. The third kappa shape index (κ3) is 2.17. The molecule has 2 N–H and O–H groups in total. The van der Waals surface area contributed by atoms with Crippen molar-refractivity contribution >= 4 is 15.9 Å². The van der Waals surface area contributed by atoms with Crippen LogP contribution in [0.4, 0.5) is 0 Å². The first-order chi connectivity index (χ1) is 7.02. The smallest absolute Gasteiger partial charge is 0.129 e. The molecule has 0 bridgehead atoms. The van der Waals surface area contributed by atoms with Crippen molar-refractivity contribution in [2.75, 3.05) is 0 Å². The van der Waals surface area contributed by atoms with E-state index in [2.05, 4.69) is 40.7 Å². The van der Waals surface area contributed by atoms with Crippen molar-refractivity contribution in [1.82, 2.24) is 0 Å². The first kappa shape index (κ1) is 10.9. The lowest BCUT2D eigenvalue weighted by molar-refractivity contribution is 0.110. The molecule has 1 heterocycles. The quantitative estimate of drug-likeness (QED) is 0.841. The second-order valence-corrected chi connectivity index (χ2v) is 5.32. The fourth-order valence-electron chi connectivity index (χ4n) is 1.94. The zero-order valence-corrected chi connectivity index (χ0v) is 10.4. The predicted molar refractivity (Wildman–Crippen MR) is 61.5 cm³/mol. The van der Waals surface area contributed by atoms with Crippen molar-refractivity contribution in [3.05, 3.63) is 27.7 Å². The van der Waals surface area contributed by atoms with Gasteiger partial charge in [0.2, 0.25) is 0 Å². The fraction of sp³-hybridized carbons (Fsp3) is 0.455. The van der Waals surface area contributed by atoms with Crippen molar-refractivity contribution in [2.24, 2.45) is 5.90 Å². The van der Waals surface area contributed by atoms with Crippen LogP contribution in [0.2, 0.25) is 0 Å². The highest BCUT2D eigenvalue weighted by Gasteiger charge is 2.32. The molecule has 1 aromatic rings. The minimum absolute atomic E-state index is 0.132. The second kappa shape index (κ2) is 3.77. The maximum Gasteiger partial charge on any atom is 0.129 e. The highest BCUT2D eigenvalue weighted by Crippen LogP contribution is 2.39. The maximum absolute atomic E-state index is 5.88. The van der Waals surface area contributed by atoms with Gasteiger partial charge in [-0.05, 0) is 31.5 Å². The Morgan fingerprint density at radius 3 is 2.93 bits per heavy atom. The van der Waals surface area contributed by atoms with E-state index in [9.17, 15) is 0 Å². The van der Waals surface area contributed by atoms with Gasteiger partial charge in [0.05, 0.1) is 6.61 Å². The molecular formula is C11H14BrNO2. The first-order valence-electron chi connectivity index (χ1n) is 4.84. The van der Waals surface area contributed by atoms with E-state index in [0.29, 0.717) is 6.61 Å². The minimum atomic E-state index is -0.132. The van der Waals surface area contributed by atoms with Gasteiger partial charge in [-0.2, -0.15) is 0 Å². The van der Waals surface area contributed by atoms with Crippen molar-refractivity contribution in [3.8, 4) is 5.75 Å². The summed E-state index contributed by atoms with van der Waals surface area (Å²) < 4.78 is 6.91. The van der Waals surface area contributed by atoms with E-state index < -0.39 is 0 Å². The van der Waals surface area contributed by atoms with Crippen molar-refractivity contribution in [1.29, 1.82) is 0 Å². The largest absolute Gasteiger partial charge is 0.487 e. The molecular weight excluding hydrogens is 258 g/mol. The van der Waals surface area contributed by atoms with Crippen LogP contribution in [0.1, 0.15) is 25.0 Å². The molecule has 0 radical (unpaired) electrons. The SMILES string of the molecule is CC1(C)Cc2cc(Br)cc(CON)c2O1. The summed E-state index contributed by atoms with van der Waals surface area (Å²) in [5, 5.41) is 0. The zero-order chi connectivity index (χ0) is 11.1. The monoisotopic (exact) mass is 271 g/mol. The van der Waals surface area contributed by atoms with Crippen LogP contribution < -0.4 is 10.6 Å². The van der Waals surface area contributed by atoms with Crippen LogP contribution in [0.5, 0.6) is 5.75 Å². The molecule has 0 unspecified atom stereocenters. The molecule has 15 heavy (non-hydrogen) atoms. The second-order valence-electron chi connectivity index (χ2n) is 4.40. The Morgan fingerprint density at radius 1 is 1.53 bits per heavy atom. The number of rotatable bonds is 2. The molecule has 0 saturated heterocycles. The summed E-state index contributed by atoms with van der Waals surface area (Å²) in [6.45, 7) is 4.53. The lowest BCUT2D eigenvalue weighted by atomic mass is 10.0. The van der Waals surface area contributed by atoms with Gasteiger partial charge in [-0.3, -0.25) is 4.84 Å². The highest BCUT2D eigenvalue weighted by atomic mass is 79.9. The third-order valence-electron chi connectivity index (χ3n) is 2.44. The third-order valence-corrected chi connectivity index (χ3v) is 2.90. The van der Waals surface area contributed by atoms with Crippen molar-refractivity contribution in [2.45, 2.75) is 32.5 Å². The number of fused-ring (bicyclic) bond motifs is 1. The van der Waals surface area contributed by atoms with Gasteiger partial charge in [0, 0.05) is 16.5 Å². The molecule has 0 saturated carbocycles. The number of halogens is 1. The number of ether oxygens (including phenoxy) is 1. The molecule has 1 aromatic carbocycles. The van der Waals surface area contributed by atoms with E-state index in [4.69, 9.17) is 10.6 Å². The molecule has 0 atom stereocenters. The van der Waals surface area contributed by atoms with Crippen LogP contribution in [-0.2, 0) is 17.9 Å². The van der Waals surface area contributed by atoms with Gasteiger partial charge in [-0.15, -0.1) is 0 Å². The van der Waals surface area contributed by atoms with Crippen LogP contribution in [0.15, 0.2) is 16.6 Å². The Morgan fingerprint density at radius 2 is 2.27 bits per heavy atom. The van der Waals surface area contributed by atoms with Crippen LogP contribution in [0, 0.1) is 0 Å². The minimum Gasteiger partial charge on any atom is -0.487 e. The van der Waals surface area contributed by atoms with Crippen LogP contribution >= 0.6 is 15.9 Å². The normalized spacial score (nSPS) is 17.3. The standard InChI is InChI=1S/C11H14BrNO2/c1-11(2)5-7-3-9(12)4-8(6-14-13)10(7)15-11/h3-4H,5-6,13H2,1-2H3.